The molecule has 2 heterocycles. The van der Waals surface area contributed by atoms with E-state index in [-0.39, 0.29) is 5.91 Å². The largest absolute Gasteiger partial charge is 0.497 e. The molecule has 1 amide bonds. The highest BCUT2D eigenvalue weighted by atomic mass is 16.5. The summed E-state index contributed by atoms with van der Waals surface area (Å²) in [5.41, 5.74) is 4.98. The van der Waals surface area contributed by atoms with E-state index in [0.717, 1.165) is 28.1 Å². The van der Waals surface area contributed by atoms with Gasteiger partial charge in [-0.05, 0) is 29.3 Å². The number of amides is 1. The van der Waals surface area contributed by atoms with E-state index in [0.29, 0.717) is 24.5 Å². The zero-order valence-electron chi connectivity index (χ0n) is 16.8. The number of benzene rings is 2. The van der Waals surface area contributed by atoms with Gasteiger partial charge in [0.15, 0.2) is 11.3 Å². The lowest BCUT2D eigenvalue weighted by molar-refractivity contribution is 0.0932. The molecule has 0 aliphatic rings. The van der Waals surface area contributed by atoms with Crippen molar-refractivity contribution in [2.45, 2.75) is 0 Å². The van der Waals surface area contributed by atoms with Crippen LogP contribution in [0.2, 0.25) is 0 Å². The number of nitrogens with zero attached hydrogens (tertiary/aromatic N) is 3. The van der Waals surface area contributed by atoms with E-state index in [1.165, 1.54) is 0 Å². The topological polar surface area (TPSA) is 77.8 Å². The number of carbonyl (C=O) groups excluding carboxylic acids is 1. The van der Waals surface area contributed by atoms with Crippen LogP contribution < -0.4 is 10.1 Å². The highest BCUT2D eigenvalue weighted by Crippen LogP contribution is 2.26. The summed E-state index contributed by atoms with van der Waals surface area (Å²) >= 11 is 0. The molecule has 4 rings (SSSR count). The van der Waals surface area contributed by atoms with E-state index >= 15 is 0 Å². The third-order valence-electron chi connectivity index (χ3n) is 4.79. The fourth-order valence-electron chi connectivity index (χ4n) is 3.20. The van der Waals surface area contributed by atoms with Crippen LogP contribution in [0.15, 0.2) is 66.9 Å². The Morgan fingerprint density at radius 3 is 2.30 bits per heavy atom. The van der Waals surface area contributed by atoms with Gasteiger partial charge >= 0.3 is 0 Å². The molecule has 0 atom stereocenters. The Labute approximate surface area is 174 Å². The quantitative estimate of drug-likeness (QED) is 0.479. The van der Waals surface area contributed by atoms with Crippen LogP contribution in [0.3, 0.4) is 0 Å². The number of aromatic nitrogens is 3. The molecular weight excluding hydrogens is 380 g/mol. The van der Waals surface area contributed by atoms with Crippen molar-refractivity contribution in [3.05, 3.63) is 72.6 Å². The second kappa shape index (κ2) is 8.75. The monoisotopic (exact) mass is 402 g/mol. The predicted molar refractivity (Wildman–Crippen MR) is 115 cm³/mol. The van der Waals surface area contributed by atoms with Crippen molar-refractivity contribution in [3.8, 4) is 28.1 Å². The SMILES string of the molecule is COCCNC(=O)c1cc2nccc(-c3ccc(-c4ccc(OC)cc4)cc3)n2n1. The van der Waals surface area contributed by atoms with Gasteiger partial charge in [-0.15, -0.1) is 0 Å². The van der Waals surface area contributed by atoms with Crippen molar-refractivity contribution in [2.24, 2.45) is 0 Å². The van der Waals surface area contributed by atoms with Crippen molar-refractivity contribution >= 4 is 11.6 Å². The average Bonchev–Trinajstić information content (AvgIpc) is 3.24. The second-order valence-corrected chi connectivity index (χ2v) is 6.68. The maximum Gasteiger partial charge on any atom is 0.271 e. The first-order chi connectivity index (χ1) is 14.7. The molecule has 1 N–H and O–H groups in total. The number of hydrogen-bond donors (Lipinski definition) is 1. The molecule has 0 fully saturated rings. The maximum absolute atomic E-state index is 12.3. The number of fused-ring (bicyclic) bond motifs is 1. The Morgan fingerprint density at radius 2 is 1.63 bits per heavy atom. The molecule has 4 aromatic rings. The van der Waals surface area contributed by atoms with Gasteiger partial charge in [0.1, 0.15) is 5.75 Å². The third kappa shape index (κ3) is 4.01. The molecule has 0 aliphatic carbocycles. The molecule has 0 saturated heterocycles. The van der Waals surface area contributed by atoms with Gasteiger partial charge in [-0.2, -0.15) is 5.10 Å². The fraction of sp³-hybridized carbons (Fsp3) is 0.174. The van der Waals surface area contributed by atoms with E-state index in [4.69, 9.17) is 9.47 Å². The smallest absolute Gasteiger partial charge is 0.271 e. The summed E-state index contributed by atoms with van der Waals surface area (Å²) in [5.74, 6) is 0.577. The van der Waals surface area contributed by atoms with E-state index in [9.17, 15) is 4.79 Å². The zero-order chi connectivity index (χ0) is 20.9. The molecule has 0 unspecified atom stereocenters. The lowest BCUT2D eigenvalue weighted by atomic mass is 10.0. The van der Waals surface area contributed by atoms with Gasteiger partial charge in [0.25, 0.3) is 5.91 Å². The van der Waals surface area contributed by atoms with Gasteiger partial charge in [0.2, 0.25) is 0 Å². The normalized spacial score (nSPS) is 10.9. The second-order valence-electron chi connectivity index (χ2n) is 6.68. The molecule has 7 heteroatoms. The van der Waals surface area contributed by atoms with Crippen LogP contribution in [0.25, 0.3) is 28.0 Å². The van der Waals surface area contributed by atoms with E-state index < -0.39 is 0 Å². The van der Waals surface area contributed by atoms with Crippen molar-refractivity contribution < 1.29 is 14.3 Å². The van der Waals surface area contributed by atoms with Gasteiger partial charge in [0.05, 0.1) is 19.4 Å². The number of hydrogen-bond acceptors (Lipinski definition) is 5. The Morgan fingerprint density at radius 1 is 0.967 bits per heavy atom. The Hall–Kier alpha value is -3.71. The number of nitrogens with one attached hydrogen (secondary N) is 1. The number of rotatable bonds is 7. The molecule has 152 valence electrons. The molecule has 0 bridgehead atoms. The van der Waals surface area contributed by atoms with Crippen LogP contribution in [-0.2, 0) is 4.74 Å². The molecule has 0 radical (unpaired) electrons. The van der Waals surface area contributed by atoms with Gasteiger partial charge < -0.3 is 14.8 Å². The zero-order valence-corrected chi connectivity index (χ0v) is 16.8. The molecule has 0 saturated carbocycles. The van der Waals surface area contributed by atoms with Crippen LogP contribution >= 0.6 is 0 Å². The van der Waals surface area contributed by atoms with E-state index in [1.807, 2.05) is 42.5 Å². The molecule has 0 aliphatic heterocycles. The summed E-state index contributed by atoms with van der Waals surface area (Å²) < 4.78 is 11.9. The first kappa shape index (κ1) is 19.6. The predicted octanol–water partition coefficient (Wildman–Crippen LogP) is 3.45. The van der Waals surface area contributed by atoms with Gasteiger partial charge in [0, 0.05) is 31.5 Å². The standard InChI is InChI=1S/C23H22N4O3/c1-29-14-13-25-23(28)20-15-22-24-12-11-21(27(22)26-20)18-5-3-16(4-6-18)17-7-9-19(30-2)10-8-17/h3-12,15H,13-14H2,1-2H3,(H,25,28). The van der Waals surface area contributed by atoms with Gasteiger partial charge in [-0.25, -0.2) is 9.50 Å². The minimum absolute atomic E-state index is 0.252. The molecular formula is C23H22N4O3. The van der Waals surface area contributed by atoms with Crippen LogP contribution in [0.1, 0.15) is 10.5 Å². The van der Waals surface area contributed by atoms with E-state index in [2.05, 4.69) is 27.5 Å². The van der Waals surface area contributed by atoms with Crippen LogP contribution in [-0.4, -0.2) is 47.9 Å². The fourth-order valence-corrected chi connectivity index (χ4v) is 3.20. The summed E-state index contributed by atoms with van der Waals surface area (Å²) in [7, 11) is 3.25. The number of methoxy groups -OCH3 is 2. The summed E-state index contributed by atoms with van der Waals surface area (Å²) in [5, 5.41) is 7.23. The highest BCUT2D eigenvalue weighted by molar-refractivity contribution is 5.93. The average molecular weight is 402 g/mol. The summed E-state index contributed by atoms with van der Waals surface area (Å²) in [6, 6.07) is 19.7. The molecule has 7 nitrogen and oxygen atoms in total. The Balaban J connectivity index is 1.61. The Bertz CT molecular complexity index is 1150. The summed E-state index contributed by atoms with van der Waals surface area (Å²) in [6.07, 6.45) is 1.72. The number of ether oxygens (including phenoxy) is 2. The van der Waals surface area contributed by atoms with Crippen molar-refractivity contribution in [2.75, 3.05) is 27.4 Å². The maximum atomic E-state index is 12.3. The minimum Gasteiger partial charge on any atom is -0.497 e. The lowest BCUT2D eigenvalue weighted by Gasteiger charge is -2.07. The number of carbonyl (C=O) groups is 1. The van der Waals surface area contributed by atoms with Gasteiger partial charge in [-0.1, -0.05) is 36.4 Å². The van der Waals surface area contributed by atoms with E-state index in [1.54, 1.807) is 31.0 Å². The molecule has 2 aromatic carbocycles. The van der Waals surface area contributed by atoms with Crippen molar-refractivity contribution in [1.29, 1.82) is 0 Å². The van der Waals surface area contributed by atoms with Gasteiger partial charge in [-0.3, -0.25) is 4.79 Å². The van der Waals surface area contributed by atoms with Crippen molar-refractivity contribution in [1.82, 2.24) is 19.9 Å². The first-order valence-corrected chi connectivity index (χ1v) is 9.56. The molecule has 30 heavy (non-hydrogen) atoms. The summed E-state index contributed by atoms with van der Waals surface area (Å²) in [6.45, 7) is 0.874. The molecule has 2 aromatic heterocycles. The Kier molecular flexibility index (Phi) is 5.72. The molecule has 0 spiro atoms. The van der Waals surface area contributed by atoms with Crippen molar-refractivity contribution in [3.63, 3.8) is 0 Å². The lowest BCUT2D eigenvalue weighted by Crippen LogP contribution is -2.27. The van der Waals surface area contributed by atoms with Crippen LogP contribution in [0, 0.1) is 0 Å². The van der Waals surface area contributed by atoms with Crippen LogP contribution in [0.5, 0.6) is 5.75 Å². The minimum atomic E-state index is -0.252. The third-order valence-corrected chi connectivity index (χ3v) is 4.79. The van der Waals surface area contributed by atoms with Crippen LogP contribution in [0.4, 0.5) is 0 Å². The highest BCUT2D eigenvalue weighted by Gasteiger charge is 2.14. The first-order valence-electron chi connectivity index (χ1n) is 9.56. The summed E-state index contributed by atoms with van der Waals surface area (Å²) in [4.78, 5) is 16.6.